The topological polar surface area (TPSA) is 9.23 Å². The minimum Gasteiger partial charge on any atom is -0.454 e. The number of halogens is 3. The van der Waals surface area contributed by atoms with Crippen LogP contribution >= 0.6 is 15.9 Å². The Balaban J connectivity index is 2.25. The van der Waals surface area contributed by atoms with E-state index < -0.39 is 5.82 Å². The molecule has 0 spiro atoms. The van der Waals surface area contributed by atoms with Crippen molar-refractivity contribution >= 4 is 15.9 Å². The lowest BCUT2D eigenvalue weighted by molar-refractivity contribution is 0.438. The third-order valence-corrected chi connectivity index (χ3v) is 3.17. The van der Waals surface area contributed by atoms with Gasteiger partial charge in [-0.1, -0.05) is 28.1 Å². The van der Waals surface area contributed by atoms with Crippen LogP contribution in [0.4, 0.5) is 8.78 Å². The van der Waals surface area contributed by atoms with Crippen LogP contribution in [0.1, 0.15) is 11.1 Å². The minimum absolute atomic E-state index is 0.0861. The van der Waals surface area contributed by atoms with Crippen LogP contribution in [-0.4, -0.2) is 0 Å². The molecule has 0 saturated carbocycles. The Hall–Kier alpha value is -1.42. The van der Waals surface area contributed by atoms with Crippen molar-refractivity contribution in [2.45, 2.75) is 12.3 Å². The SMILES string of the molecule is Cc1ccc(Oc2ccc(CBr)cc2F)cc1F. The van der Waals surface area contributed by atoms with Crippen molar-refractivity contribution in [1.82, 2.24) is 0 Å². The predicted octanol–water partition coefficient (Wildman–Crippen LogP) is 4.96. The third-order valence-electron chi connectivity index (χ3n) is 2.52. The number of aryl methyl sites for hydroxylation is 1. The fourth-order valence-corrected chi connectivity index (χ4v) is 1.82. The van der Waals surface area contributed by atoms with Gasteiger partial charge in [-0.25, -0.2) is 8.78 Å². The van der Waals surface area contributed by atoms with Crippen LogP contribution in [0.5, 0.6) is 11.5 Å². The van der Waals surface area contributed by atoms with E-state index in [9.17, 15) is 8.78 Å². The molecule has 2 rings (SSSR count). The van der Waals surface area contributed by atoms with Gasteiger partial charge in [0.1, 0.15) is 11.6 Å². The standard InChI is InChI=1S/C14H11BrF2O/c1-9-2-4-11(7-12(9)16)18-14-5-3-10(8-15)6-13(14)17/h2-7H,8H2,1H3. The Morgan fingerprint density at radius 2 is 1.83 bits per heavy atom. The first-order valence-corrected chi connectivity index (χ1v) is 6.50. The summed E-state index contributed by atoms with van der Waals surface area (Å²) < 4.78 is 32.3. The summed E-state index contributed by atoms with van der Waals surface area (Å²) in [4.78, 5) is 0. The molecule has 0 saturated heterocycles. The summed E-state index contributed by atoms with van der Waals surface area (Å²) >= 11 is 3.24. The van der Waals surface area contributed by atoms with Crippen LogP contribution in [0.3, 0.4) is 0 Å². The second kappa shape index (κ2) is 5.48. The lowest BCUT2D eigenvalue weighted by Crippen LogP contribution is -1.91. The maximum absolute atomic E-state index is 13.7. The molecule has 0 amide bonds. The molecule has 2 aromatic carbocycles. The van der Waals surface area contributed by atoms with Gasteiger partial charge in [0, 0.05) is 11.4 Å². The van der Waals surface area contributed by atoms with E-state index in [2.05, 4.69) is 15.9 Å². The third kappa shape index (κ3) is 2.88. The molecule has 2 aromatic rings. The Labute approximate surface area is 113 Å². The van der Waals surface area contributed by atoms with Crippen molar-refractivity contribution in [2.75, 3.05) is 0 Å². The average Bonchev–Trinajstić information content (AvgIpc) is 2.36. The number of benzene rings is 2. The van der Waals surface area contributed by atoms with Crippen molar-refractivity contribution in [3.8, 4) is 11.5 Å². The summed E-state index contributed by atoms with van der Waals surface area (Å²) in [5.41, 5.74) is 1.34. The van der Waals surface area contributed by atoms with E-state index in [1.54, 1.807) is 25.1 Å². The van der Waals surface area contributed by atoms with Gasteiger partial charge in [-0.05, 0) is 36.2 Å². The first-order chi connectivity index (χ1) is 8.60. The summed E-state index contributed by atoms with van der Waals surface area (Å²) in [5, 5.41) is 0.573. The van der Waals surface area contributed by atoms with E-state index in [0.717, 1.165) is 5.56 Å². The summed E-state index contributed by atoms with van der Waals surface area (Å²) in [6.45, 7) is 1.66. The van der Waals surface area contributed by atoms with E-state index in [1.165, 1.54) is 18.2 Å². The van der Waals surface area contributed by atoms with Gasteiger partial charge in [0.25, 0.3) is 0 Å². The van der Waals surface area contributed by atoms with Crippen LogP contribution in [0, 0.1) is 18.6 Å². The van der Waals surface area contributed by atoms with Crippen LogP contribution in [-0.2, 0) is 5.33 Å². The number of hydrogen-bond acceptors (Lipinski definition) is 1. The smallest absolute Gasteiger partial charge is 0.166 e. The summed E-state index contributed by atoms with van der Waals surface area (Å²) in [7, 11) is 0. The van der Waals surface area contributed by atoms with Crippen LogP contribution in [0.15, 0.2) is 36.4 Å². The highest BCUT2D eigenvalue weighted by Gasteiger charge is 2.07. The molecule has 0 bridgehead atoms. The lowest BCUT2D eigenvalue weighted by atomic mass is 10.2. The zero-order valence-electron chi connectivity index (χ0n) is 9.71. The molecule has 18 heavy (non-hydrogen) atoms. The fraction of sp³-hybridized carbons (Fsp3) is 0.143. The van der Waals surface area contributed by atoms with E-state index >= 15 is 0 Å². The summed E-state index contributed by atoms with van der Waals surface area (Å²) in [6.07, 6.45) is 0. The molecule has 0 heterocycles. The quantitative estimate of drug-likeness (QED) is 0.728. The second-order valence-electron chi connectivity index (χ2n) is 3.91. The highest BCUT2D eigenvalue weighted by atomic mass is 79.9. The van der Waals surface area contributed by atoms with Gasteiger partial charge in [-0.3, -0.25) is 0 Å². The first-order valence-electron chi connectivity index (χ1n) is 5.38. The van der Waals surface area contributed by atoms with Gasteiger partial charge >= 0.3 is 0 Å². The van der Waals surface area contributed by atoms with Crippen molar-refractivity contribution < 1.29 is 13.5 Å². The molecule has 0 aromatic heterocycles. The monoisotopic (exact) mass is 312 g/mol. The molecule has 0 unspecified atom stereocenters. The summed E-state index contributed by atoms with van der Waals surface area (Å²) in [6, 6.07) is 9.11. The Kier molecular flexibility index (Phi) is 3.97. The molecule has 0 aliphatic rings. The van der Waals surface area contributed by atoms with Gasteiger partial charge in [-0.2, -0.15) is 0 Å². The molecule has 0 aliphatic carbocycles. The van der Waals surface area contributed by atoms with E-state index in [4.69, 9.17) is 4.74 Å². The predicted molar refractivity (Wildman–Crippen MR) is 70.2 cm³/mol. The molecule has 0 radical (unpaired) electrons. The zero-order chi connectivity index (χ0) is 13.1. The van der Waals surface area contributed by atoms with E-state index in [1.807, 2.05) is 0 Å². The van der Waals surface area contributed by atoms with Crippen molar-refractivity contribution in [2.24, 2.45) is 0 Å². The van der Waals surface area contributed by atoms with Crippen molar-refractivity contribution in [3.05, 3.63) is 59.2 Å². The number of rotatable bonds is 3. The van der Waals surface area contributed by atoms with Crippen LogP contribution < -0.4 is 4.74 Å². The maximum atomic E-state index is 13.7. The van der Waals surface area contributed by atoms with Gasteiger partial charge in [0.15, 0.2) is 11.6 Å². The van der Waals surface area contributed by atoms with Crippen LogP contribution in [0.2, 0.25) is 0 Å². The molecule has 0 fully saturated rings. The van der Waals surface area contributed by atoms with Gasteiger partial charge in [0.2, 0.25) is 0 Å². The Bertz CT molecular complexity index is 570. The van der Waals surface area contributed by atoms with Crippen molar-refractivity contribution in [3.63, 3.8) is 0 Å². The van der Waals surface area contributed by atoms with Crippen LogP contribution in [0.25, 0.3) is 0 Å². The molecule has 0 aliphatic heterocycles. The van der Waals surface area contributed by atoms with E-state index in [-0.39, 0.29) is 17.3 Å². The van der Waals surface area contributed by atoms with Gasteiger partial charge in [-0.15, -0.1) is 0 Å². The first kappa shape index (κ1) is 13.0. The molecule has 0 atom stereocenters. The van der Waals surface area contributed by atoms with Gasteiger partial charge < -0.3 is 4.74 Å². The van der Waals surface area contributed by atoms with Gasteiger partial charge in [0.05, 0.1) is 0 Å². The highest BCUT2D eigenvalue weighted by Crippen LogP contribution is 2.26. The molecule has 1 nitrogen and oxygen atoms in total. The molecular formula is C14H11BrF2O. The maximum Gasteiger partial charge on any atom is 0.166 e. The van der Waals surface area contributed by atoms with Crippen molar-refractivity contribution in [1.29, 1.82) is 0 Å². The molecule has 0 N–H and O–H groups in total. The number of alkyl halides is 1. The highest BCUT2D eigenvalue weighted by molar-refractivity contribution is 9.08. The summed E-state index contributed by atoms with van der Waals surface area (Å²) in [5.74, 6) is -0.468. The normalized spacial score (nSPS) is 10.4. The molecular weight excluding hydrogens is 302 g/mol. The number of ether oxygens (including phenoxy) is 1. The fourth-order valence-electron chi connectivity index (χ4n) is 1.47. The Morgan fingerprint density at radius 1 is 1.06 bits per heavy atom. The number of hydrogen-bond donors (Lipinski definition) is 0. The minimum atomic E-state index is -0.465. The largest absolute Gasteiger partial charge is 0.454 e. The van der Waals surface area contributed by atoms with E-state index in [0.29, 0.717) is 10.9 Å². The molecule has 94 valence electrons. The lowest BCUT2D eigenvalue weighted by Gasteiger charge is -2.08. The second-order valence-corrected chi connectivity index (χ2v) is 4.47. The Morgan fingerprint density at radius 3 is 2.44 bits per heavy atom. The average molecular weight is 313 g/mol. The molecule has 4 heteroatoms. The zero-order valence-corrected chi connectivity index (χ0v) is 11.3.